The van der Waals surface area contributed by atoms with Gasteiger partial charge in [-0.15, -0.1) is 0 Å². The SMILES string of the molecule is COc1ccc(Cl)c2c(N)c(C)c(C)nc12. The number of halogens is 1. The Balaban J connectivity index is 2.98. The molecule has 0 radical (unpaired) electrons. The summed E-state index contributed by atoms with van der Waals surface area (Å²) in [6.45, 7) is 3.86. The average molecular weight is 237 g/mol. The molecule has 1 aromatic heterocycles. The molecule has 2 aromatic rings. The van der Waals surface area contributed by atoms with Crippen molar-refractivity contribution in [3.05, 3.63) is 28.4 Å². The Morgan fingerprint density at radius 2 is 2.00 bits per heavy atom. The fraction of sp³-hybridized carbons (Fsp3) is 0.250. The molecule has 0 bridgehead atoms. The zero-order valence-electron chi connectivity index (χ0n) is 9.47. The molecular weight excluding hydrogens is 224 g/mol. The lowest BCUT2D eigenvalue weighted by Gasteiger charge is -2.12. The van der Waals surface area contributed by atoms with Crippen molar-refractivity contribution < 1.29 is 4.74 Å². The summed E-state index contributed by atoms with van der Waals surface area (Å²) >= 11 is 6.14. The third kappa shape index (κ3) is 1.48. The zero-order valence-corrected chi connectivity index (χ0v) is 10.2. The van der Waals surface area contributed by atoms with Crippen LogP contribution in [0.1, 0.15) is 11.3 Å². The molecule has 84 valence electrons. The van der Waals surface area contributed by atoms with Gasteiger partial charge >= 0.3 is 0 Å². The van der Waals surface area contributed by atoms with Gasteiger partial charge in [0, 0.05) is 16.8 Å². The van der Waals surface area contributed by atoms with E-state index in [0.29, 0.717) is 16.5 Å². The molecular formula is C12H13ClN2O. The molecule has 0 aliphatic rings. The predicted octanol–water partition coefficient (Wildman–Crippen LogP) is 3.10. The first-order chi connectivity index (χ1) is 7.56. The van der Waals surface area contributed by atoms with E-state index in [1.165, 1.54) is 0 Å². The summed E-state index contributed by atoms with van der Waals surface area (Å²) in [6.07, 6.45) is 0. The molecule has 4 heteroatoms. The van der Waals surface area contributed by atoms with Gasteiger partial charge in [-0.3, -0.25) is 0 Å². The van der Waals surface area contributed by atoms with Gasteiger partial charge in [-0.2, -0.15) is 0 Å². The molecule has 0 saturated heterocycles. The minimum atomic E-state index is 0.601. The maximum atomic E-state index is 6.14. The molecule has 0 spiro atoms. The number of nitrogen functional groups attached to an aromatic ring is 1. The molecule has 2 rings (SSSR count). The summed E-state index contributed by atoms with van der Waals surface area (Å²) < 4.78 is 5.26. The van der Waals surface area contributed by atoms with Crippen molar-refractivity contribution in [2.45, 2.75) is 13.8 Å². The Bertz CT molecular complexity index is 567. The first kappa shape index (κ1) is 11.0. The van der Waals surface area contributed by atoms with Crippen molar-refractivity contribution in [1.82, 2.24) is 4.98 Å². The van der Waals surface area contributed by atoms with Gasteiger partial charge in [0.1, 0.15) is 11.3 Å². The van der Waals surface area contributed by atoms with Gasteiger partial charge in [0.2, 0.25) is 0 Å². The second kappa shape index (κ2) is 3.83. The van der Waals surface area contributed by atoms with Gasteiger partial charge < -0.3 is 10.5 Å². The summed E-state index contributed by atoms with van der Waals surface area (Å²) in [7, 11) is 1.61. The molecule has 1 aromatic carbocycles. The summed E-state index contributed by atoms with van der Waals surface area (Å²) in [5.41, 5.74) is 9.31. The van der Waals surface area contributed by atoms with E-state index in [9.17, 15) is 0 Å². The lowest BCUT2D eigenvalue weighted by Crippen LogP contribution is -1.99. The van der Waals surface area contributed by atoms with E-state index in [2.05, 4.69) is 4.98 Å². The van der Waals surface area contributed by atoms with Gasteiger partial charge in [0.25, 0.3) is 0 Å². The van der Waals surface area contributed by atoms with Gasteiger partial charge in [0.15, 0.2) is 0 Å². The van der Waals surface area contributed by atoms with Crippen LogP contribution < -0.4 is 10.5 Å². The molecule has 2 N–H and O–H groups in total. The second-order valence-electron chi connectivity index (χ2n) is 3.71. The van der Waals surface area contributed by atoms with Gasteiger partial charge in [0.05, 0.1) is 12.1 Å². The highest BCUT2D eigenvalue weighted by Crippen LogP contribution is 2.36. The third-order valence-corrected chi connectivity index (χ3v) is 3.12. The minimum absolute atomic E-state index is 0.601. The summed E-state index contributed by atoms with van der Waals surface area (Å²) in [6, 6.07) is 3.57. The van der Waals surface area contributed by atoms with Crippen LogP contribution >= 0.6 is 11.6 Å². The largest absolute Gasteiger partial charge is 0.494 e. The van der Waals surface area contributed by atoms with Crippen LogP contribution in [0.25, 0.3) is 10.9 Å². The highest BCUT2D eigenvalue weighted by atomic mass is 35.5. The topological polar surface area (TPSA) is 48.1 Å². The van der Waals surface area contributed by atoms with Crippen LogP contribution in [0.2, 0.25) is 5.02 Å². The molecule has 0 atom stereocenters. The Hall–Kier alpha value is -1.48. The standard InChI is InChI=1S/C12H13ClN2O/c1-6-7(2)15-12-9(16-3)5-4-8(13)10(12)11(6)14/h4-5H,1-3H3,(H2,14,15). The number of fused-ring (bicyclic) bond motifs is 1. The first-order valence-corrected chi connectivity index (χ1v) is 5.33. The van der Waals surface area contributed by atoms with Gasteiger partial charge in [-0.1, -0.05) is 11.6 Å². The Labute approximate surface area is 99.2 Å². The van der Waals surface area contributed by atoms with Crippen molar-refractivity contribution in [3.8, 4) is 5.75 Å². The van der Waals surface area contributed by atoms with E-state index in [1.807, 2.05) is 13.8 Å². The fourth-order valence-electron chi connectivity index (χ4n) is 1.71. The molecule has 0 aliphatic heterocycles. The lowest BCUT2D eigenvalue weighted by molar-refractivity contribution is 0.419. The molecule has 0 fully saturated rings. The molecule has 0 unspecified atom stereocenters. The summed E-state index contributed by atoms with van der Waals surface area (Å²) in [5, 5.41) is 1.37. The van der Waals surface area contributed by atoms with Crippen LogP contribution in [-0.2, 0) is 0 Å². The smallest absolute Gasteiger partial charge is 0.145 e. The van der Waals surface area contributed by atoms with E-state index in [1.54, 1.807) is 19.2 Å². The number of hydrogen-bond donors (Lipinski definition) is 1. The number of hydrogen-bond acceptors (Lipinski definition) is 3. The van der Waals surface area contributed by atoms with Crippen LogP contribution in [0.15, 0.2) is 12.1 Å². The predicted molar refractivity (Wildman–Crippen MR) is 67.2 cm³/mol. The molecule has 16 heavy (non-hydrogen) atoms. The van der Waals surface area contributed by atoms with Crippen LogP contribution in [0.3, 0.4) is 0 Å². The maximum absolute atomic E-state index is 6.14. The highest BCUT2D eigenvalue weighted by Gasteiger charge is 2.13. The molecule has 0 aliphatic carbocycles. The van der Waals surface area contributed by atoms with Crippen molar-refractivity contribution in [2.75, 3.05) is 12.8 Å². The van der Waals surface area contributed by atoms with Crippen molar-refractivity contribution >= 4 is 28.2 Å². The Kier molecular flexibility index (Phi) is 2.64. The van der Waals surface area contributed by atoms with Gasteiger partial charge in [-0.05, 0) is 31.5 Å². The number of aryl methyl sites for hydroxylation is 1. The number of methoxy groups -OCH3 is 1. The monoisotopic (exact) mass is 236 g/mol. The van der Waals surface area contributed by atoms with Crippen LogP contribution in [-0.4, -0.2) is 12.1 Å². The van der Waals surface area contributed by atoms with Crippen LogP contribution in [0.4, 0.5) is 5.69 Å². The van der Waals surface area contributed by atoms with Gasteiger partial charge in [-0.25, -0.2) is 4.98 Å². The van der Waals surface area contributed by atoms with Crippen LogP contribution in [0.5, 0.6) is 5.75 Å². The Morgan fingerprint density at radius 1 is 1.31 bits per heavy atom. The fourth-order valence-corrected chi connectivity index (χ4v) is 1.97. The zero-order chi connectivity index (χ0) is 11.9. The van der Waals surface area contributed by atoms with E-state index in [0.717, 1.165) is 22.2 Å². The lowest BCUT2D eigenvalue weighted by atomic mass is 10.1. The highest BCUT2D eigenvalue weighted by molar-refractivity contribution is 6.36. The number of rotatable bonds is 1. The van der Waals surface area contributed by atoms with Crippen molar-refractivity contribution in [1.29, 1.82) is 0 Å². The summed E-state index contributed by atoms with van der Waals surface area (Å²) in [5.74, 6) is 0.689. The number of anilines is 1. The molecule has 1 heterocycles. The average Bonchev–Trinajstić information content (AvgIpc) is 2.26. The number of benzene rings is 1. The van der Waals surface area contributed by atoms with E-state index in [-0.39, 0.29) is 0 Å². The van der Waals surface area contributed by atoms with E-state index in [4.69, 9.17) is 22.1 Å². The number of nitrogens with two attached hydrogens (primary N) is 1. The molecule has 3 nitrogen and oxygen atoms in total. The minimum Gasteiger partial charge on any atom is -0.494 e. The maximum Gasteiger partial charge on any atom is 0.145 e. The number of ether oxygens (including phenoxy) is 1. The third-order valence-electron chi connectivity index (χ3n) is 2.81. The quantitative estimate of drug-likeness (QED) is 0.828. The Morgan fingerprint density at radius 3 is 2.62 bits per heavy atom. The normalized spacial score (nSPS) is 10.8. The molecule has 0 saturated carbocycles. The van der Waals surface area contributed by atoms with Crippen LogP contribution in [0, 0.1) is 13.8 Å². The van der Waals surface area contributed by atoms with Crippen molar-refractivity contribution in [3.63, 3.8) is 0 Å². The van der Waals surface area contributed by atoms with Crippen molar-refractivity contribution in [2.24, 2.45) is 0 Å². The molecule has 0 amide bonds. The number of aromatic nitrogens is 1. The van der Waals surface area contributed by atoms with E-state index < -0.39 is 0 Å². The summed E-state index contributed by atoms with van der Waals surface area (Å²) in [4.78, 5) is 4.48. The second-order valence-corrected chi connectivity index (χ2v) is 4.12. The number of pyridine rings is 1. The van der Waals surface area contributed by atoms with E-state index >= 15 is 0 Å². The first-order valence-electron chi connectivity index (χ1n) is 4.95. The number of nitrogens with zero attached hydrogens (tertiary/aromatic N) is 1.